The quantitative estimate of drug-likeness (QED) is 0.812. The van der Waals surface area contributed by atoms with E-state index in [0.717, 1.165) is 15.4 Å². The molecule has 0 saturated carbocycles. The second kappa shape index (κ2) is 7.92. The van der Waals surface area contributed by atoms with Gasteiger partial charge in [0.25, 0.3) is 0 Å². The molecule has 0 aliphatic rings. The molecular formula is C18H20O4S. The van der Waals surface area contributed by atoms with Gasteiger partial charge < -0.3 is 14.6 Å². The number of rotatable bonds is 7. The highest BCUT2D eigenvalue weighted by Gasteiger charge is 2.21. The molecule has 0 bridgehead atoms. The van der Waals surface area contributed by atoms with Crippen LogP contribution >= 0.6 is 11.8 Å². The standard InChI is InChI=1S/C18H20O4S/c1-4-13(18(19)20)14-7-5-6-8-17(14)23-12-9-10-15(21-2)16(11-12)22-3/h5-11,13H,4H2,1-3H3,(H,19,20). The van der Waals surface area contributed by atoms with Gasteiger partial charge in [0.15, 0.2) is 11.5 Å². The molecule has 4 nitrogen and oxygen atoms in total. The Bertz CT molecular complexity index is 684. The van der Waals surface area contributed by atoms with Crippen LogP contribution in [0.4, 0.5) is 0 Å². The van der Waals surface area contributed by atoms with Gasteiger partial charge in [-0.05, 0) is 36.2 Å². The summed E-state index contributed by atoms with van der Waals surface area (Å²) in [5, 5.41) is 9.42. The lowest BCUT2D eigenvalue weighted by molar-refractivity contribution is -0.138. The highest BCUT2D eigenvalue weighted by molar-refractivity contribution is 7.99. The topological polar surface area (TPSA) is 55.8 Å². The SMILES string of the molecule is CCC(C(=O)O)c1ccccc1Sc1ccc(OC)c(OC)c1. The summed E-state index contributed by atoms with van der Waals surface area (Å²) in [7, 11) is 3.19. The average molecular weight is 332 g/mol. The molecule has 0 saturated heterocycles. The van der Waals surface area contributed by atoms with Crippen molar-refractivity contribution in [3.63, 3.8) is 0 Å². The van der Waals surface area contributed by atoms with E-state index in [-0.39, 0.29) is 0 Å². The van der Waals surface area contributed by atoms with Crippen LogP contribution in [0.2, 0.25) is 0 Å². The fraction of sp³-hybridized carbons (Fsp3) is 0.278. The molecule has 1 unspecified atom stereocenters. The van der Waals surface area contributed by atoms with E-state index in [0.29, 0.717) is 17.9 Å². The molecule has 2 rings (SSSR count). The largest absolute Gasteiger partial charge is 0.493 e. The number of hydrogen-bond donors (Lipinski definition) is 1. The number of carboxylic acid groups (broad SMARTS) is 1. The van der Waals surface area contributed by atoms with Crippen molar-refractivity contribution >= 4 is 17.7 Å². The van der Waals surface area contributed by atoms with Crippen LogP contribution in [0.3, 0.4) is 0 Å². The number of hydrogen-bond acceptors (Lipinski definition) is 4. The van der Waals surface area contributed by atoms with Gasteiger partial charge in [0, 0.05) is 9.79 Å². The molecule has 0 radical (unpaired) electrons. The number of carboxylic acids is 1. The van der Waals surface area contributed by atoms with Crippen LogP contribution in [0.1, 0.15) is 24.8 Å². The summed E-state index contributed by atoms with van der Waals surface area (Å²) in [6.45, 7) is 1.89. The van der Waals surface area contributed by atoms with Crippen molar-refractivity contribution < 1.29 is 19.4 Å². The summed E-state index contributed by atoms with van der Waals surface area (Å²) in [4.78, 5) is 13.4. The zero-order valence-electron chi connectivity index (χ0n) is 13.4. The minimum absolute atomic E-state index is 0.501. The van der Waals surface area contributed by atoms with Gasteiger partial charge in [0.2, 0.25) is 0 Å². The molecule has 2 aromatic carbocycles. The third kappa shape index (κ3) is 3.99. The maximum Gasteiger partial charge on any atom is 0.311 e. The van der Waals surface area contributed by atoms with Gasteiger partial charge in [-0.25, -0.2) is 0 Å². The van der Waals surface area contributed by atoms with Gasteiger partial charge in [-0.15, -0.1) is 0 Å². The number of carbonyl (C=O) groups is 1. The van der Waals surface area contributed by atoms with Crippen LogP contribution in [0.25, 0.3) is 0 Å². The predicted octanol–water partition coefficient (Wildman–Crippen LogP) is 4.43. The van der Waals surface area contributed by atoms with Crippen LogP contribution < -0.4 is 9.47 Å². The van der Waals surface area contributed by atoms with Crippen molar-refractivity contribution in [3.05, 3.63) is 48.0 Å². The summed E-state index contributed by atoms with van der Waals surface area (Å²) >= 11 is 1.53. The smallest absolute Gasteiger partial charge is 0.311 e. The highest BCUT2D eigenvalue weighted by atomic mass is 32.2. The maximum absolute atomic E-state index is 11.5. The van der Waals surface area contributed by atoms with Crippen molar-refractivity contribution in [2.75, 3.05) is 14.2 Å². The third-order valence-electron chi connectivity index (χ3n) is 3.58. The number of methoxy groups -OCH3 is 2. The van der Waals surface area contributed by atoms with Gasteiger partial charge in [0.05, 0.1) is 20.1 Å². The van der Waals surface area contributed by atoms with Gasteiger partial charge in [-0.2, -0.15) is 0 Å². The summed E-state index contributed by atoms with van der Waals surface area (Å²) in [6.07, 6.45) is 0.554. The second-order valence-corrected chi connectivity index (χ2v) is 6.07. The molecule has 1 N–H and O–H groups in total. The first-order valence-corrected chi connectivity index (χ1v) is 8.14. The van der Waals surface area contributed by atoms with E-state index in [1.54, 1.807) is 14.2 Å². The molecule has 0 aliphatic carbocycles. The molecule has 2 aromatic rings. The van der Waals surface area contributed by atoms with E-state index in [1.165, 1.54) is 11.8 Å². The van der Waals surface area contributed by atoms with Gasteiger partial charge >= 0.3 is 5.97 Å². The minimum atomic E-state index is -0.798. The lowest BCUT2D eigenvalue weighted by atomic mass is 9.97. The van der Waals surface area contributed by atoms with Crippen molar-refractivity contribution in [2.45, 2.75) is 29.1 Å². The Hall–Kier alpha value is -2.14. The fourth-order valence-electron chi connectivity index (χ4n) is 2.40. The fourth-order valence-corrected chi connectivity index (χ4v) is 3.43. The maximum atomic E-state index is 11.5. The number of aliphatic carboxylic acids is 1. The Morgan fingerprint density at radius 1 is 1.13 bits per heavy atom. The van der Waals surface area contributed by atoms with E-state index in [4.69, 9.17) is 9.47 Å². The molecule has 5 heteroatoms. The Labute approximate surface area is 140 Å². The Morgan fingerprint density at radius 2 is 1.83 bits per heavy atom. The first-order chi connectivity index (χ1) is 11.1. The number of ether oxygens (including phenoxy) is 2. The first-order valence-electron chi connectivity index (χ1n) is 7.32. The van der Waals surface area contributed by atoms with Crippen LogP contribution in [0.5, 0.6) is 11.5 Å². The molecule has 122 valence electrons. The highest BCUT2D eigenvalue weighted by Crippen LogP contribution is 2.38. The lowest BCUT2D eigenvalue weighted by Gasteiger charge is -2.15. The molecule has 1 atom stereocenters. The van der Waals surface area contributed by atoms with Crippen molar-refractivity contribution in [1.29, 1.82) is 0 Å². The molecule has 0 amide bonds. The zero-order chi connectivity index (χ0) is 16.8. The van der Waals surface area contributed by atoms with Crippen LogP contribution in [0, 0.1) is 0 Å². The van der Waals surface area contributed by atoms with E-state index in [2.05, 4.69) is 0 Å². The molecule has 0 aromatic heterocycles. The monoisotopic (exact) mass is 332 g/mol. The van der Waals surface area contributed by atoms with Crippen LogP contribution in [0.15, 0.2) is 52.3 Å². The predicted molar refractivity (Wildman–Crippen MR) is 90.8 cm³/mol. The summed E-state index contributed by atoms with van der Waals surface area (Å²) < 4.78 is 10.6. The first kappa shape index (κ1) is 17.2. The summed E-state index contributed by atoms with van der Waals surface area (Å²) in [5.74, 6) is 0.0223. The van der Waals surface area contributed by atoms with Gasteiger partial charge in [-0.1, -0.05) is 36.9 Å². The Kier molecular flexibility index (Phi) is 5.93. The van der Waals surface area contributed by atoms with Gasteiger partial charge in [0.1, 0.15) is 0 Å². The molecule has 0 aliphatic heterocycles. The second-order valence-electron chi connectivity index (χ2n) is 4.96. The number of benzene rings is 2. The van der Waals surface area contributed by atoms with E-state index in [1.807, 2.05) is 49.4 Å². The normalized spacial score (nSPS) is 11.8. The van der Waals surface area contributed by atoms with Crippen molar-refractivity contribution in [3.8, 4) is 11.5 Å². The molecule has 23 heavy (non-hydrogen) atoms. The van der Waals surface area contributed by atoms with Gasteiger partial charge in [-0.3, -0.25) is 4.79 Å². The van der Waals surface area contributed by atoms with E-state index >= 15 is 0 Å². The lowest BCUT2D eigenvalue weighted by Crippen LogP contribution is -2.11. The summed E-state index contributed by atoms with van der Waals surface area (Å²) in [5.41, 5.74) is 0.835. The minimum Gasteiger partial charge on any atom is -0.493 e. The molecule has 0 fully saturated rings. The molecular weight excluding hydrogens is 312 g/mol. The van der Waals surface area contributed by atoms with E-state index < -0.39 is 11.9 Å². The van der Waals surface area contributed by atoms with E-state index in [9.17, 15) is 9.90 Å². The summed E-state index contributed by atoms with van der Waals surface area (Å²) in [6, 6.07) is 13.3. The zero-order valence-corrected chi connectivity index (χ0v) is 14.2. The van der Waals surface area contributed by atoms with Crippen molar-refractivity contribution in [2.24, 2.45) is 0 Å². The Morgan fingerprint density at radius 3 is 2.43 bits per heavy atom. The van der Waals surface area contributed by atoms with Crippen LogP contribution in [-0.2, 0) is 4.79 Å². The molecule has 0 spiro atoms. The average Bonchev–Trinajstić information content (AvgIpc) is 2.56. The molecule has 0 heterocycles. The van der Waals surface area contributed by atoms with Crippen LogP contribution in [-0.4, -0.2) is 25.3 Å². The third-order valence-corrected chi connectivity index (χ3v) is 4.66. The Balaban J connectivity index is 2.35. The van der Waals surface area contributed by atoms with Crippen molar-refractivity contribution in [1.82, 2.24) is 0 Å².